The van der Waals surface area contributed by atoms with Crippen LogP contribution in [0.5, 0.6) is 0 Å². The molecule has 0 aliphatic rings. The lowest BCUT2D eigenvalue weighted by Crippen LogP contribution is -2.11. The van der Waals surface area contributed by atoms with Gasteiger partial charge in [0.2, 0.25) is 0 Å². The fourth-order valence-electron chi connectivity index (χ4n) is 0.760. The SMILES string of the molecule is N#Cc1c(F)ccnc1C(F)(F)F. The molecule has 0 bridgehead atoms. The zero-order chi connectivity index (χ0) is 10.1. The molecule has 68 valence electrons. The molecule has 0 atom stereocenters. The van der Waals surface area contributed by atoms with Gasteiger partial charge >= 0.3 is 6.18 Å². The van der Waals surface area contributed by atoms with Crippen LogP contribution >= 0.6 is 0 Å². The van der Waals surface area contributed by atoms with E-state index in [1.165, 1.54) is 0 Å². The molecule has 0 saturated heterocycles. The summed E-state index contributed by atoms with van der Waals surface area (Å²) in [5, 5.41) is 8.23. The van der Waals surface area contributed by atoms with Crippen LogP contribution in [0, 0.1) is 17.1 Å². The smallest absolute Gasteiger partial charge is 0.250 e. The van der Waals surface area contributed by atoms with Crippen molar-refractivity contribution in [3.05, 3.63) is 29.3 Å². The van der Waals surface area contributed by atoms with Crippen molar-refractivity contribution in [2.24, 2.45) is 0 Å². The summed E-state index contributed by atoms with van der Waals surface area (Å²) < 4.78 is 48.7. The molecule has 0 fully saturated rings. The van der Waals surface area contributed by atoms with Crippen LogP contribution in [0.1, 0.15) is 11.3 Å². The van der Waals surface area contributed by atoms with Gasteiger partial charge in [0.15, 0.2) is 5.69 Å². The molecule has 0 aromatic carbocycles. The third-order valence-corrected chi connectivity index (χ3v) is 1.28. The Labute approximate surface area is 70.4 Å². The van der Waals surface area contributed by atoms with Gasteiger partial charge in [-0.05, 0) is 6.07 Å². The molecule has 0 aliphatic carbocycles. The van der Waals surface area contributed by atoms with Crippen LogP contribution in [0.25, 0.3) is 0 Å². The number of pyridine rings is 1. The second-order valence-corrected chi connectivity index (χ2v) is 2.13. The summed E-state index contributed by atoms with van der Waals surface area (Å²) in [5.74, 6) is -1.22. The lowest BCUT2D eigenvalue weighted by Gasteiger charge is -2.06. The minimum absolute atomic E-state index is 0.666. The van der Waals surface area contributed by atoms with Crippen LogP contribution in [0.2, 0.25) is 0 Å². The topological polar surface area (TPSA) is 36.7 Å². The van der Waals surface area contributed by atoms with E-state index in [1.54, 1.807) is 0 Å². The highest BCUT2D eigenvalue weighted by atomic mass is 19.4. The molecule has 1 aromatic heterocycles. The summed E-state index contributed by atoms with van der Waals surface area (Å²) in [5.41, 5.74) is -2.56. The molecular formula is C7H2F4N2. The van der Waals surface area contributed by atoms with Gasteiger partial charge in [0.25, 0.3) is 0 Å². The summed E-state index contributed by atoms with van der Waals surface area (Å²) in [6.45, 7) is 0. The van der Waals surface area contributed by atoms with Gasteiger partial charge in [-0.1, -0.05) is 0 Å². The normalized spacial score (nSPS) is 11.0. The zero-order valence-corrected chi connectivity index (χ0v) is 6.06. The van der Waals surface area contributed by atoms with Gasteiger partial charge in [-0.25, -0.2) is 4.39 Å². The maximum absolute atomic E-state index is 12.6. The highest BCUT2D eigenvalue weighted by Gasteiger charge is 2.36. The van der Waals surface area contributed by atoms with Crippen molar-refractivity contribution in [3.8, 4) is 6.07 Å². The number of hydrogen-bond donors (Lipinski definition) is 0. The van der Waals surface area contributed by atoms with E-state index in [0.29, 0.717) is 12.3 Å². The molecule has 0 spiro atoms. The Kier molecular flexibility index (Phi) is 2.19. The number of alkyl halides is 3. The monoisotopic (exact) mass is 190 g/mol. The van der Waals surface area contributed by atoms with Gasteiger partial charge in [0.05, 0.1) is 0 Å². The Bertz CT molecular complexity index is 364. The summed E-state index contributed by atoms with van der Waals surface area (Å²) in [4.78, 5) is 2.89. The second kappa shape index (κ2) is 3.01. The molecular weight excluding hydrogens is 188 g/mol. The number of hydrogen-bond acceptors (Lipinski definition) is 2. The predicted molar refractivity (Wildman–Crippen MR) is 33.9 cm³/mol. The Balaban J connectivity index is 3.40. The number of rotatable bonds is 0. The maximum Gasteiger partial charge on any atom is 0.434 e. The average Bonchev–Trinajstić information content (AvgIpc) is 2.02. The standard InChI is InChI=1S/C7H2F4N2/c8-5-1-2-13-6(4(5)3-12)7(9,10)11/h1-2H. The Morgan fingerprint density at radius 3 is 2.38 bits per heavy atom. The van der Waals surface area contributed by atoms with Gasteiger partial charge in [-0.15, -0.1) is 0 Å². The van der Waals surface area contributed by atoms with E-state index in [2.05, 4.69) is 4.98 Å². The molecule has 1 aromatic rings. The van der Waals surface area contributed by atoms with E-state index < -0.39 is 23.3 Å². The van der Waals surface area contributed by atoms with Crippen molar-refractivity contribution in [3.63, 3.8) is 0 Å². The number of halogens is 4. The number of nitrogens with zero attached hydrogens (tertiary/aromatic N) is 2. The van der Waals surface area contributed by atoms with E-state index in [-0.39, 0.29) is 0 Å². The van der Waals surface area contributed by atoms with Gasteiger partial charge in [0, 0.05) is 6.20 Å². The first-order valence-electron chi connectivity index (χ1n) is 3.08. The Hall–Kier alpha value is -1.64. The molecule has 0 N–H and O–H groups in total. The second-order valence-electron chi connectivity index (χ2n) is 2.13. The van der Waals surface area contributed by atoms with Crippen LogP contribution in [0.15, 0.2) is 12.3 Å². The van der Waals surface area contributed by atoms with Crippen molar-refractivity contribution in [1.29, 1.82) is 5.26 Å². The van der Waals surface area contributed by atoms with Crippen molar-refractivity contribution < 1.29 is 17.6 Å². The van der Waals surface area contributed by atoms with Gasteiger partial charge in [-0.3, -0.25) is 4.98 Å². The predicted octanol–water partition coefficient (Wildman–Crippen LogP) is 2.11. The first kappa shape index (κ1) is 9.45. The van der Waals surface area contributed by atoms with Crippen molar-refractivity contribution in [2.75, 3.05) is 0 Å². The molecule has 0 amide bonds. The summed E-state index contributed by atoms with van der Waals surface area (Å²) in [6, 6.07) is 1.82. The molecule has 2 nitrogen and oxygen atoms in total. The van der Waals surface area contributed by atoms with Crippen LogP contribution in [-0.2, 0) is 6.18 Å². The van der Waals surface area contributed by atoms with Gasteiger partial charge in [0.1, 0.15) is 17.4 Å². The van der Waals surface area contributed by atoms with E-state index in [0.717, 1.165) is 6.07 Å². The lowest BCUT2D eigenvalue weighted by molar-refractivity contribution is -0.141. The van der Waals surface area contributed by atoms with E-state index >= 15 is 0 Å². The highest BCUT2D eigenvalue weighted by Crippen LogP contribution is 2.30. The summed E-state index contributed by atoms with van der Waals surface area (Å²) in [7, 11) is 0. The van der Waals surface area contributed by atoms with E-state index in [1.807, 2.05) is 0 Å². The molecule has 1 heterocycles. The Morgan fingerprint density at radius 2 is 2.00 bits per heavy atom. The Morgan fingerprint density at radius 1 is 1.38 bits per heavy atom. The summed E-state index contributed by atoms with van der Waals surface area (Å²) >= 11 is 0. The largest absolute Gasteiger partial charge is 0.434 e. The third kappa shape index (κ3) is 1.75. The number of aromatic nitrogens is 1. The van der Waals surface area contributed by atoms with Gasteiger partial charge < -0.3 is 0 Å². The molecule has 1 rings (SSSR count). The molecule has 13 heavy (non-hydrogen) atoms. The average molecular weight is 190 g/mol. The van der Waals surface area contributed by atoms with Gasteiger partial charge in [-0.2, -0.15) is 18.4 Å². The first-order valence-corrected chi connectivity index (χ1v) is 3.08. The van der Waals surface area contributed by atoms with Crippen LogP contribution in [0.4, 0.5) is 17.6 Å². The fourth-order valence-corrected chi connectivity index (χ4v) is 0.760. The van der Waals surface area contributed by atoms with Crippen LogP contribution in [-0.4, -0.2) is 4.98 Å². The van der Waals surface area contributed by atoms with E-state index in [4.69, 9.17) is 5.26 Å². The van der Waals surface area contributed by atoms with Crippen molar-refractivity contribution in [1.82, 2.24) is 4.98 Å². The third-order valence-electron chi connectivity index (χ3n) is 1.28. The maximum atomic E-state index is 12.6. The highest BCUT2D eigenvalue weighted by molar-refractivity contribution is 5.35. The minimum Gasteiger partial charge on any atom is -0.250 e. The van der Waals surface area contributed by atoms with Crippen LogP contribution < -0.4 is 0 Å². The zero-order valence-electron chi connectivity index (χ0n) is 6.06. The van der Waals surface area contributed by atoms with E-state index in [9.17, 15) is 17.6 Å². The number of nitriles is 1. The molecule has 0 unspecified atom stereocenters. The first-order chi connectivity index (χ1) is 5.96. The minimum atomic E-state index is -4.80. The van der Waals surface area contributed by atoms with Crippen LogP contribution in [0.3, 0.4) is 0 Å². The lowest BCUT2D eigenvalue weighted by atomic mass is 10.2. The van der Waals surface area contributed by atoms with Crippen molar-refractivity contribution in [2.45, 2.75) is 6.18 Å². The summed E-state index contributed by atoms with van der Waals surface area (Å²) in [6.07, 6.45) is -4.13. The molecule has 0 radical (unpaired) electrons. The molecule has 6 heteroatoms. The molecule has 0 saturated carbocycles. The quantitative estimate of drug-likeness (QED) is 0.587. The van der Waals surface area contributed by atoms with Crippen molar-refractivity contribution >= 4 is 0 Å². The fraction of sp³-hybridized carbons (Fsp3) is 0.143. The molecule has 0 aliphatic heterocycles.